The van der Waals surface area contributed by atoms with Crippen molar-refractivity contribution in [2.24, 2.45) is 0 Å². The molecule has 5 rings (SSSR count). The van der Waals surface area contributed by atoms with Gasteiger partial charge in [0.25, 0.3) is 11.8 Å². The van der Waals surface area contributed by atoms with Crippen molar-refractivity contribution in [1.29, 1.82) is 0 Å². The van der Waals surface area contributed by atoms with Crippen LogP contribution >= 0.6 is 0 Å². The number of fused-ring (bicyclic) bond motifs is 2. The van der Waals surface area contributed by atoms with E-state index >= 15 is 0 Å². The SMILES string of the molecule is O=C(/C=C/c1ccc(C(=O)N(CC(=O)Nc2cccc3cccnc23)CC(=O)Nc2cccc3cccnc23)cc1)NO. The van der Waals surface area contributed by atoms with Gasteiger partial charge in [-0.15, -0.1) is 0 Å². The first-order valence-electron chi connectivity index (χ1n) is 13.2. The van der Waals surface area contributed by atoms with Crippen LogP contribution in [0.4, 0.5) is 11.4 Å². The van der Waals surface area contributed by atoms with Gasteiger partial charge in [0, 0.05) is 34.8 Å². The number of carbonyl (C=O) groups is 4. The van der Waals surface area contributed by atoms with Gasteiger partial charge in [-0.05, 0) is 48.0 Å². The molecule has 0 saturated carbocycles. The van der Waals surface area contributed by atoms with Crippen molar-refractivity contribution < 1.29 is 24.4 Å². The monoisotopic (exact) mass is 574 g/mol. The second-order valence-corrected chi connectivity index (χ2v) is 9.45. The predicted octanol–water partition coefficient (Wildman–Crippen LogP) is 4.02. The topological polar surface area (TPSA) is 154 Å². The molecule has 0 unspecified atom stereocenters. The Morgan fingerprint density at radius 1 is 0.698 bits per heavy atom. The number of carbonyl (C=O) groups excluding carboxylic acids is 4. The maximum Gasteiger partial charge on any atom is 0.267 e. The molecule has 214 valence electrons. The van der Waals surface area contributed by atoms with Crippen LogP contribution in [0.2, 0.25) is 0 Å². The lowest BCUT2D eigenvalue weighted by atomic mass is 10.1. The molecule has 4 N–H and O–H groups in total. The lowest BCUT2D eigenvalue weighted by Crippen LogP contribution is -2.42. The molecule has 0 spiro atoms. The molecular formula is C32H26N6O5. The largest absolute Gasteiger partial charge is 0.323 e. The van der Waals surface area contributed by atoms with E-state index in [4.69, 9.17) is 5.21 Å². The molecule has 0 saturated heterocycles. The average Bonchev–Trinajstić information content (AvgIpc) is 3.03. The third kappa shape index (κ3) is 7.04. The lowest BCUT2D eigenvalue weighted by Gasteiger charge is -2.22. The van der Waals surface area contributed by atoms with Crippen molar-refractivity contribution >= 4 is 62.9 Å². The Morgan fingerprint density at radius 3 is 1.72 bits per heavy atom. The van der Waals surface area contributed by atoms with Gasteiger partial charge in [-0.25, -0.2) is 5.48 Å². The first-order valence-corrected chi connectivity index (χ1v) is 13.2. The zero-order valence-corrected chi connectivity index (χ0v) is 22.7. The molecule has 3 aromatic carbocycles. The number of aromatic nitrogens is 2. The number of pyridine rings is 2. The molecule has 0 bridgehead atoms. The van der Waals surface area contributed by atoms with Crippen molar-refractivity contribution in [2.45, 2.75) is 0 Å². The minimum Gasteiger partial charge on any atom is -0.323 e. The second kappa shape index (κ2) is 13.1. The number of hydroxylamine groups is 1. The second-order valence-electron chi connectivity index (χ2n) is 9.45. The summed E-state index contributed by atoms with van der Waals surface area (Å²) in [5, 5.41) is 15.9. The third-order valence-electron chi connectivity index (χ3n) is 6.46. The molecule has 11 nitrogen and oxygen atoms in total. The highest BCUT2D eigenvalue weighted by atomic mass is 16.5. The van der Waals surface area contributed by atoms with E-state index < -0.39 is 36.7 Å². The molecule has 0 fully saturated rings. The van der Waals surface area contributed by atoms with E-state index in [1.807, 2.05) is 24.3 Å². The maximum absolute atomic E-state index is 13.6. The van der Waals surface area contributed by atoms with Crippen LogP contribution in [0.1, 0.15) is 15.9 Å². The number of rotatable bonds is 9. The summed E-state index contributed by atoms with van der Waals surface area (Å²) in [6.45, 7) is -0.830. The molecule has 11 heteroatoms. The number of hydrogen-bond acceptors (Lipinski definition) is 7. The Labute approximate surface area is 245 Å². The molecule has 0 atom stereocenters. The Morgan fingerprint density at radius 2 is 1.21 bits per heavy atom. The number of hydrogen-bond donors (Lipinski definition) is 4. The van der Waals surface area contributed by atoms with Gasteiger partial charge in [0.1, 0.15) is 13.1 Å². The average molecular weight is 575 g/mol. The van der Waals surface area contributed by atoms with Crippen LogP contribution in [0.3, 0.4) is 0 Å². The van der Waals surface area contributed by atoms with Gasteiger partial charge in [-0.2, -0.15) is 0 Å². The van der Waals surface area contributed by atoms with Gasteiger partial charge in [-0.1, -0.05) is 48.5 Å². The number of benzene rings is 3. The molecule has 0 aliphatic rings. The minimum absolute atomic E-state index is 0.225. The predicted molar refractivity (Wildman–Crippen MR) is 162 cm³/mol. The van der Waals surface area contributed by atoms with E-state index in [9.17, 15) is 19.2 Å². The molecule has 43 heavy (non-hydrogen) atoms. The highest BCUT2D eigenvalue weighted by molar-refractivity contribution is 6.06. The highest BCUT2D eigenvalue weighted by Crippen LogP contribution is 2.22. The van der Waals surface area contributed by atoms with Crippen LogP contribution in [-0.2, 0) is 14.4 Å². The van der Waals surface area contributed by atoms with Crippen molar-refractivity contribution in [3.8, 4) is 0 Å². The number of anilines is 2. The lowest BCUT2D eigenvalue weighted by molar-refractivity contribution is -0.124. The molecule has 4 amide bonds. The maximum atomic E-state index is 13.6. The number of amides is 4. The Hall–Kier alpha value is -5.94. The van der Waals surface area contributed by atoms with E-state index in [1.165, 1.54) is 23.7 Å². The van der Waals surface area contributed by atoms with Crippen LogP contribution in [-0.4, -0.2) is 56.8 Å². The summed E-state index contributed by atoms with van der Waals surface area (Å²) < 4.78 is 0. The summed E-state index contributed by atoms with van der Waals surface area (Å²) in [6, 6.07) is 24.3. The molecule has 0 aliphatic heterocycles. The van der Waals surface area contributed by atoms with Crippen molar-refractivity contribution in [3.63, 3.8) is 0 Å². The van der Waals surface area contributed by atoms with Crippen LogP contribution < -0.4 is 16.1 Å². The summed E-state index contributed by atoms with van der Waals surface area (Å²) in [7, 11) is 0. The van der Waals surface area contributed by atoms with Crippen LogP contribution in [0, 0.1) is 0 Å². The third-order valence-corrected chi connectivity index (χ3v) is 6.46. The Bertz CT molecular complexity index is 1750. The van der Waals surface area contributed by atoms with E-state index in [1.54, 1.807) is 60.9 Å². The van der Waals surface area contributed by atoms with Crippen LogP contribution in [0.5, 0.6) is 0 Å². The number of nitrogens with zero attached hydrogens (tertiary/aromatic N) is 3. The van der Waals surface area contributed by atoms with E-state index in [-0.39, 0.29) is 5.56 Å². The van der Waals surface area contributed by atoms with Crippen molar-refractivity contribution in [3.05, 3.63) is 115 Å². The summed E-state index contributed by atoms with van der Waals surface area (Å²) >= 11 is 0. The van der Waals surface area contributed by atoms with Gasteiger partial charge in [-0.3, -0.25) is 34.4 Å². The van der Waals surface area contributed by atoms with Crippen LogP contribution in [0.25, 0.3) is 27.9 Å². The molecule has 2 heterocycles. The first-order chi connectivity index (χ1) is 20.9. The zero-order valence-electron chi connectivity index (χ0n) is 22.7. The normalized spacial score (nSPS) is 10.9. The van der Waals surface area contributed by atoms with Gasteiger partial charge in [0.15, 0.2) is 0 Å². The van der Waals surface area contributed by atoms with Crippen molar-refractivity contribution in [2.75, 3.05) is 23.7 Å². The van der Waals surface area contributed by atoms with Gasteiger partial charge < -0.3 is 15.5 Å². The van der Waals surface area contributed by atoms with Crippen LogP contribution in [0.15, 0.2) is 103 Å². The fourth-order valence-corrected chi connectivity index (χ4v) is 4.46. The summed E-state index contributed by atoms with van der Waals surface area (Å²) in [5.41, 5.74) is 4.46. The molecule has 2 aromatic heterocycles. The summed E-state index contributed by atoms with van der Waals surface area (Å²) in [6.07, 6.45) is 5.82. The number of nitrogens with one attached hydrogen (secondary N) is 3. The Balaban J connectivity index is 1.37. The van der Waals surface area contributed by atoms with Gasteiger partial charge in [0.05, 0.1) is 22.4 Å². The van der Waals surface area contributed by atoms with E-state index in [2.05, 4.69) is 20.6 Å². The number of para-hydroxylation sites is 2. The van der Waals surface area contributed by atoms with Gasteiger partial charge in [0.2, 0.25) is 11.8 Å². The summed E-state index contributed by atoms with van der Waals surface area (Å²) in [5.74, 6) is -2.28. The Kier molecular flexibility index (Phi) is 8.74. The van der Waals surface area contributed by atoms with Crippen molar-refractivity contribution in [1.82, 2.24) is 20.3 Å². The minimum atomic E-state index is -0.703. The molecule has 0 radical (unpaired) electrons. The quantitative estimate of drug-likeness (QED) is 0.118. The van der Waals surface area contributed by atoms with Gasteiger partial charge >= 0.3 is 0 Å². The van der Waals surface area contributed by atoms with E-state index in [0.717, 1.165) is 21.7 Å². The summed E-state index contributed by atoms with van der Waals surface area (Å²) in [4.78, 5) is 61.1. The smallest absolute Gasteiger partial charge is 0.267 e. The fourth-order valence-electron chi connectivity index (χ4n) is 4.46. The molecule has 0 aliphatic carbocycles. The molecular weight excluding hydrogens is 548 g/mol. The standard InChI is InChI=1S/C32H26N6O5/c39-27(37-43)16-13-21-11-14-24(15-12-21)32(42)38(19-28(40)35-25-9-1-5-22-7-3-17-33-30(22)25)20-29(41)36-26-10-2-6-23-8-4-18-34-31(23)26/h1-18,43H,19-20H2,(H,35,40)(H,36,41)(H,37,39)/b16-13+. The fraction of sp³-hybridized carbons (Fsp3) is 0.0625. The zero-order chi connectivity index (χ0) is 30.2. The van der Waals surface area contributed by atoms with E-state index in [0.29, 0.717) is 28.0 Å². The first kappa shape index (κ1) is 28.6. The highest BCUT2D eigenvalue weighted by Gasteiger charge is 2.23. The molecule has 5 aromatic rings.